The lowest BCUT2D eigenvalue weighted by Gasteiger charge is -2.24. The number of carbonyl (C=O) groups is 2. The van der Waals surface area contributed by atoms with E-state index in [0.717, 1.165) is 5.56 Å². The lowest BCUT2D eigenvalue weighted by atomic mass is 9.92. The second kappa shape index (κ2) is 8.16. The number of amides is 2. The molecule has 3 aromatic rings. The van der Waals surface area contributed by atoms with Gasteiger partial charge in [0.15, 0.2) is 5.69 Å². The van der Waals surface area contributed by atoms with Crippen molar-refractivity contribution in [3.63, 3.8) is 0 Å². The minimum atomic E-state index is -1.25. The highest BCUT2D eigenvalue weighted by atomic mass is 19.1. The van der Waals surface area contributed by atoms with Gasteiger partial charge in [-0.15, -0.1) is 0 Å². The summed E-state index contributed by atoms with van der Waals surface area (Å²) in [5.74, 6) is -1.44. The maximum Gasteiger partial charge on any atom is 0.278 e. The summed E-state index contributed by atoms with van der Waals surface area (Å²) >= 11 is 0. The number of nitrogens with zero attached hydrogens (tertiary/aromatic N) is 1. The molecule has 0 bridgehead atoms. The molecular formula is C23H21FN4O3. The molecule has 1 atom stereocenters. The van der Waals surface area contributed by atoms with Crippen LogP contribution in [0.4, 0.5) is 10.1 Å². The quantitative estimate of drug-likeness (QED) is 0.506. The third kappa shape index (κ3) is 3.97. The van der Waals surface area contributed by atoms with Gasteiger partial charge in [-0.2, -0.15) is 0 Å². The maximum atomic E-state index is 14.0. The van der Waals surface area contributed by atoms with Crippen LogP contribution in [0, 0.1) is 5.82 Å². The van der Waals surface area contributed by atoms with Gasteiger partial charge in [-0.25, -0.2) is 9.37 Å². The SMILES string of the molecule is NC1(C(=O)NCc2ccc(NC(=O)c3ncccc3O)cc2)CCc2c(F)cccc21. The maximum absolute atomic E-state index is 14.0. The van der Waals surface area contributed by atoms with Crippen LogP contribution in [0.2, 0.25) is 0 Å². The van der Waals surface area contributed by atoms with E-state index < -0.39 is 11.4 Å². The summed E-state index contributed by atoms with van der Waals surface area (Å²) in [5, 5.41) is 15.2. The van der Waals surface area contributed by atoms with Gasteiger partial charge in [-0.3, -0.25) is 9.59 Å². The summed E-state index contributed by atoms with van der Waals surface area (Å²) in [7, 11) is 0. The van der Waals surface area contributed by atoms with Gasteiger partial charge in [0.05, 0.1) is 0 Å². The Labute approximate surface area is 178 Å². The summed E-state index contributed by atoms with van der Waals surface area (Å²) in [6, 6.07) is 14.4. The van der Waals surface area contributed by atoms with E-state index >= 15 is 0 Å². The van der Waals surface area contributed by atoms with Gasteiger partial charge in [-0.05, 0) is 59.9 Å². The van der Waals surface area contributed by atoms with Crippen molar-refractivity contribution in [2.45, 2.75) is 24.9 Å². The van der Waals surface area contributed by atoms with Crippen molar-refractivity contribution in [2.75, 3.05) is 5.32 Å². The molecule has 0 saturated carbocycles. The topological polar surface area (TPSA) is 117 Å². The molecule has 1 heterocycles. The lowest BCUT2D eigenvalue weighted by molar-refractivity contribution is -0.126. The van der Waals surface area contributed by atoms with Crippen LogP contribution in [0.1, 0.15) is 33.6 Å². The van der Waals surface area contributed by atoms with Crippen molar-refractivity contribution in [3.8, 4) is 5.75 Å². The summed E-state index contributed by atoms with van der Waals surface area (Å²) in [6.07, 6.45) is 2.19. The number of anilines is 1. The number of halogens is 1. The predicted molar refractivity (Wildman–Crippen MR) is 113 cm³/mol. The molecule has 0 radical (unpaired) electrons. The number of rotatable bonds is 5. The zero-order valence-electron chi connectivity index (χ0n) is 16.6. The highest BCUT2D eigenvalue weighted by molar-refractivity contribution is 6.04. The van der Waals surface area contributed by atoms with Gasteiger partial charge in [0, 0.05) is 18.4 Å². The molecule has 1 aliphatic carbocycles. The van der Waals surface area contributed by atoms with Crippen LogP contribution in [0.25, 0.3) is 0 Å². The fourth-order valence-corrected chi connectivity index (χ4v) is 3.73. The molecule has 0 saturated heterocycles. The van der Waals surface area contributed by atoms with E-state index in [1.807, 2.05) is 0 Å². The van der Waals surface area contributed by atoms with E-state index in [9.17, 15) is 19.1 Å². The van der Waals surface area contributed by atoms with E-state index in [1.165, 1.54) is 24.4 Å². The van der Waals surface area contributed by atoms with Crippen molar-refractivity contribution >= 4 is 17.5 Å². The van der Waals surface area contributed by atoms with Crippen molar-refractivity contribution in [2.24, 2.45) is 5.73 Å². The molecular weight excluding hydrogens is 399 g/mol. The number of pyridine rings is 1. The Kier molecular flexibility index (Phi) is 5.39. The Bertz CT molecular complexity index is 1150. The molecule has 8 heteroatoms. The number of nitrogens with one attached hydrogen (secondary N) is 2. The first-order valence-corrected chi connectivity index (χ1v) is 9.78. The molecule has 1 aliphatic rings. The van der Waals surface area contributed by atoms with Crippen LogP contribution in [-0.4, -0.2) is 21.9 Å². The Balaban J connectivity index is 1.38. The number of aromatic nitrogens is 1. The number of aromatic hydroxyl groups is 1. The fourth-order valence-electron chi connectivity index (χ4n) is 3.73. The summed E-state index contributed by atoms with van der Waals surface area (Å²) < 4.78 is 14.0. The van der Waals surface area contributed by atoms with E-state index in [4.69, 9.17) is 5.73 Å². The highest BCUT2D eigenvalue weighted by Gasteiger charge is 2.42. The van der Waals surface area contributed by atoms with E-state index in [-0.39, 0.29) is 29.7 Å². The van der Waals surface area contributed by atoms with Gasteiger partial charge in [0.25, 0.3) is 5.91 Å². The van der Waals surface area contributed by atoms with Crippen LogP contribution in [-0.2, 0) is 23.3 Å². The molecule has 0 fully saturated rings. The summed E-state index contributed by atoms with van der Waals surface area (Å²) in [6.45, 7) is 0.234. The molecule has 1 unspecified atom stereocenters. The second-order valence-corrected chi connectivity index (χ2v) is 7.44. The first-order chi connectivity index (χ1) is 14.9. The van der Waals surface area contributed by atoms with Crippen LogP contribution in [0.3, 0.4) is 0 Å². The number of hydrogen-bond acceptors (Lipinski definition) is 5. The number of nitrogens with two attached hydrogens (primary N) is 1. The molecule has 0 spiro atoms. The highest BCUT2D eigenvalue weighted by Crippen LogP contribution is 2.36. The Morgan fingerprint density at radius 3 is 2.65 bits per heavy atom. The van der Waals surface area contributed by atoms with E-state index in [2.05, 4.69) is 15.6 Å². The summed E-state index contributed by atoms with van der Waals surface area (Å²) in [5.41, 5.74) is 7.36. The second-order valence-electron chi connectivity index (χ2n) is 7.44. The van der Waals surface area contributed by atoms with Crippen molar-refractivity contribution in [1.29, 1.82) is 0 Å². The molecule has 2 amide bonds. The van der Waals surface area contributed by atoms with Crippen LogP contribution in [0.15, 0.2) is 60.8 Å². The molecule has 0 aliphatic heterocycles. The van der Waals surface area contributed by atoms with Gasteiger partial charge in [0.1, 0.15) is 17.1 Å². The van der Waals surface area contributed by atoms with Crippen molar-refractivity contribution in [3.05, 3.63) is 89.0 Å². The molecule has 5 N–H and O–H groups in total. The standard InChI is InChI=1S/C23H21FN4O3/c24-18-4-1-3-17-16(18)10-11-23(17,25)22(31)27-13-14-6-8-15(9-7-14)28-21(30)20-19(29)5-2-12-26-20/h1-9,12,29H,10-11,13,25H2,(H,27,31)(H,28,30). The minimum Gasteiger partial charge on any atom is -0.505 e. The smallest absolute Gasteiger partial charge is 0.278 e. The Hall–Kier alpha value is -3.78. The number of benzene rings is 2. The van der Waals surface area contributed by atoms with Gasteiger partial charge >= 0.3 is 0 Å². The molecule has 2 aromatic carbocycles. The average Bonchev–Trinajstić information content (AvgIpc) is 3.12. The molecule has 1 aromatic heterocycles. The monoisotopic (exact) mass is 420 g/mol. The van der Waals surface area contributed by atoms with Gasteiger partial charge in [-0.1, -0.05) is 24.3 Å². The third-order valence-corrected chi connectivity index (χ3v) is 5.44. The van der Waals surface area contributed by atoms with Gasteiger partial charge < -0.3 is 21.5 Å². The number of fused-ring (bicyclic) bond motifs is 1. The number of carbonyl (C=O) groups excluding carboxylic acids is 2. The van der Waals surface area contributed by atoms with E-state index in [0.29, 0.717) is 29.7 Å². The zero-order valence-corrected chi connectivity index (χ0v) is 16.6. The zero-order chi connectivity index (χ0) is 22.0. The molecule has 7 nitrogen and oxygen atoms in total. The van der Waals surface area contributed by atoms with Crippen molar-refractivity contribution < 1.29 is 19.1 Å². The van der Waals surface area contributed by atoms with Crippen molar-refractivity contribution in [1.82, 2.24) is 10.3 Å². The Morgan fingerprint density at radius 2 is 1.90 bits per heavy atom. The fraction of sp³-hybridized carbons (Fsp3) is 0.174. The van der Waals surface area contributed by atoms with Crippen LogP contribution in [0.5, 0.6) is 5.75 Å². The first-order valence-electron chi connectivity index (χ1n) is 9.78. The first kappa shape index (κ1) is 20.5. The summed E-state index contributed by atoms with van der Waals surface area (Å²) in [4.78, 5) is 28.8. The predicted octanol–water partition coefficient (Wildman–Crippen LogP) is 2.60. The normalized spacial score (nSPS) is 17.1. The van der Waals surface area contributed by atoms with Crippen LogP contribution >= 0.6 is 0 Å². The van der Waals surface area contributed by atoms with Gasteiger partial charge in [0.2, 0.25) is 5.91 Å². The average molecular weight is 420 g/mol. The molecule has 4 rings (SSSR count). The third-order valence-electron chi connectivity index (χ3n) is 5.44. The van der Waals surface area contributed by atoms with E-state index in [1.54, 1.807) is 36.4 Å². The largest absolute Gasteiger partial charge is 0.505 e. The van der Waals surface area contributed by atoms with Crippen LogP contribution < -0.4 is 16.4 Å². The molecule has 158 valence electrons. The lowest BCUT2D eigenvalue weighted by Crippen LogP contribution is -2.49. The molecule has 31 heavy (non-hydrogen) atoms. The minimum absolute atomic E-state index is 0.0691. The Morgan fingerprint density at radius 1 is 1.13 bits per heavy atom. The number of hydrogen-bond donors (Lipinski definition) is 4.